The molecule has 0 aliphatic rings. The molecule has 0 unspecified atom stereocenters. The Bertz CT molecular complexity index is 941. The second-order valence-electron chi connectivity index (χ2n) is 6.35. The second kappa shape index (κ2) is 10.2. The molecule has 0 aliphatic heterocycles. The largest absolute Gasteiger partial charge is 0.424 e. The van der Waals surface area contributed by atoms with Crippen molar-refractivity contribution in [3.05, 3.63) is 43.0 Å². The van der Waals surface area contributed by atoms with Gasteiger partial charge in [0.2, 0.25) is 9.47 Å². The van der Waals surface area contributed by atoms with E-state index in [0.29, 0.717) is 32.3 Å². The highest BCUT2D eigenvalue weighted by molar-refractivity contribution is 9.11. The topological polar surface area (TPSA) is 70.7 Å². The summed E-state index contributed by atoms with van der Waals surface area (Å²) in [6.07, 6.45) is 0. The molecule has 0 bridgehead atoms. The third-order valence-electron chi connectivity index (χ3n) is 3.54. The number of halogens is 4. The third kappa shape index (κ3) is 6.01. The maximum absolute atomic E-state index is 6.06. The Kier molecular flexibility index (Phi) is 8.47. The molecule has 152 valence electrons. The Hall–Kier alpha value is -0.970. The molecule has 2 heterocycles. The monoisotopic (exact) mass is 596 g/mol. The zero-order valence-electron chi connectivity index (χ0n) is 16.0. The molecule has 7 nitrogen and oxygen atoms in total. The molecule has 0 atom stereocenters. The normalized spacial score (nSPS) is 11.0. The fraction of sp³-hybridized carbons (Fsp3) is 0.412. The van der Waals surface area contributed by atoms with Crippen molar-refractivity contribution in [2.24, 2.45) is 0 Å². The quantitative estimate of drug-likeness (QED) is 0.332. The lowest BCUT2D eigenvalue weighted by molar-refractivity contribution is 0.374. The first-order chi connectivity index (χ1) is 13.1. The molecule has 0 saturated carbocycles. The van der Waals surface area contributed by atoms with Gasteiger partial charge in [-0.15, -0.1) is 10.2 Å². The van der Waals surface area contributed by atoms with Crippen LogP contribution >= 0.6 is 59.4 Å². The molecule has 0 amide bonds. The van der Waals surface area contributed by atoms with Gasteiger partial charge in [0.1, 0.15) is 5.75 Å². The van der Waals surface area contributed by atoms with Gasteiger partial charge in [0.25, 0.3) is 0 Å². The van der Waals surface area contributed by atoms with Gasteiger partial charge >= 0.3 is 6.01 Å². The molecular formula is C17H20Br3ClN6O. The van der Waals surface area contributed by atoms with Gasteiger partial charge in [-0.2, -0.15) is 9.97 Å². The third-order valence-corrected chi connectivity index (χ3v) is 5.16. The molecule has 0 aliphatic carbocycles. The molecule has 0 saturated heterocycles. The van der Waals surface area contributed by atoms with Crippen molar-refractivity contribution in [2.75, 3.05) is 0 Å². The van der Waals surface area contributed by atoms with Gasteiger partial charge in [-0.05, 0) is 94.5 Å². The van der Waals surface area contributed by atoms with Crippen LogP contribution in [0.4, 0.5) is 0 Å². The number of hydrogen-bond donors (Lipinski definition) is 0. The first-order valence-corrected chi connectivity index (χ1v) is 11.2. The van der Waals surface area contributed by atoms with Gasteiger partial charge in [-0.25, -0.2) is 9.36 Å². The lowest BCUT2D eigenvalue weighted by atomic mass is 10.2. The lowest BCUT2D eigenvalue weighted by Crippen LogP contribution is -2.05. The maximum atomic E-state index is 6.06. The number of nitrogens with zero attached hydrogens (tertiary/aromatic N) is 6. The van der Waals surface area contributed by atoms with E-state index in [9.17, 15) is 0 Å². The van der Waals surface area contributed by atoms with E-state index in [0.717, 1.165) is 10.3 Å². The van der Waals surface area contributed by atoms with Crippen molar-refractivity contribution in [1.29, 1.82) is 0 Å². The molecule has 0 fully saturated rings. The molecule has 2 aromatic heterocycles. The minimum atomic E-state index is 0.165. The number of hydrogen-bond acceptors (Lipinski definition) is 5. The maximum Gasteiger partial charge on any atom is 0.321 e. The highest BCUT2D eigenvalue weighted by Crippen LogP contribution is 2.30. The average molecular weight is 600 g/mol. The van der Waals surface area contributed by atoms with E-state index in [1.165, 1.54) is 0 Å². The molecule has 0 radical (unpaired) electrons. The number of ether oxygens (including phenoxy) is 1. The van der Waals surface area contributed by atoms with Gasteiger partial charge in [0.05, 0.1) is 6.04 Å². The molecule has 0 spiro atoms. The van der Waals surface area contributed by atoms with Crippen LogP contribution in [0.2, 0.25) is 5.02 Å². The Balaban J connectivity index is 0.000000237. The average Bonchev–Trinajstić information content (AvgIpc) is 3.14. The summed E-state index contributed by atoms with van der Waals surface area (Å²) in [5.41, 5.74) is 0.883. The summed E-state index contributed by atoms with van der Waals surface area (Å²) in [6.45, 7) is 10.0. The minimum Gasteiger partial charge on any atom is -0.424 e. The van der Waals surface area contributed by atoms with Gasteiger partial charge < -0.3 is 4.74 Å². The molecule has 0 N–H and O–H groups in total. The Morgan fingerprint density at radius 3 is 2.00 bits per heavy atom. The summed E-state index contributed by atoms with van der Waals surface area (Å²) in [5, 5.41) is 8.98. The first-order valence-electron chi connectivity index (χ1n) is 8.42. The first kappa shape index (κ1) is 23.3. The van der Waals surface area contributed by atoms with Crippen LogP contribution in [0.3, 0.4) is 0 Å². The highest BCUT2D eigenvalue weighted by Gasteiger charge is 2.14. The smallest absolute Gasteiger partial charge is 0.321 e. The van der Waals surface area contributed by atoms with E-state index < -0.39 is 0 Å². The molecule has 1 aromatic carbocycles. The summed E-state index contributed by atoms with van der Waals surface area (Å²) in [5.74, 6) is 0.685. The van der Waals surface area contributed by atoms with Crippen molar-refractivity contribution in [3.63, 3.8) is 0 Å². The van der Waals surface area contributed by atoms with E-state index in [2.05, 4.69) is 68.0 Å². The molecule has 3 rings (SSSR count). The number of benzene rings is 1. The van der Waals surface area contributed by atoms with Crippen LogP contribution < -0.4 is 4.74 Å². The summed E-state index contributed by atoms with van der Waals surface area (Å²) in [7, 11) is 0. The highest BCUT2D eigenvalue weighted by atomic mass is 79.9. The second-order valence-corrected chi connectivity index (χ2v) is 8.89. The van der Waals surface area contributed by atoms with Crippen LogP contribution in [-0.4, -0.2) is 29.5 Å². The van der Waals surface area contributed by atoms with Crippen LogP contribution in [0.15, 0.2) is 32.4 Å². The van der Waals surface area contributed by atoms with Crippen LogP contribution in [0.25, 0.3) is 0 Å². The van der Waals surface area contributed by atoms with Crippen molar-refractivity contribution in [1.82, 2.24) is 29.5 Å². The molecule has 28 heavy (non-hydrogen) atoms. The number of rotatable bonds is 4. The zero-order chi connectivity index (χ0) is 21.0. The Morgan fingerprint density at radius 2 is 1.50 bits per heavy atom. The zero-order valence-corrected chi connectivity index (χ0v) is 21.5. The van der Waals surface area contributed by atoms with E-state index in [-0.39, 0.29) is 6.04 Å². The summed E-state index contributed by atoms with van der Waals surface area (Å²) < 4.78 is 11.2. The van der Waals surface area contributed by atoms with E-state index >= 15 is 0 Å². The SMILES string of the molecule is CC(C)n1nc(Br)nc1Br.Cc1c(Cl)cccc1Oc1nc(Br)nn1C(C)C. The van der Waals surface area contributed by atoms with Crippen molar-refractivity contribution in [2.45, 2.75) is 46.7 Å². The van der Waals surface area contributed by atoms with E-state index in [1.807, 2.05) is 52.8 Å². The Morgan fingerprint density at radius 1 is 0.929 bits per heavy atom. The Labute approximate surface area is 194 Å². The van der Waals surface area contributed by atoms with Gasteiger partial charge in [0.15, 0.2) is 4.73 Å². The summed E-state index contributed by atoms with van der Waals surface area (Å²) in [4.78, 5) is 8.22. The molecular weight excluding hydrogens is 579 g/mol. The molecule has 3 aromatic rings. The predicted molar refractivity (Wildman–Crippen MR) is 120 cm³/mol. The van der Waals surface area contributed by atoms with Crippen LogP contribution in [-0.2, 0) is 0 Å². The van der Waals surface area contributed by atoms with E-state index in [4.69, 9.17) is 16.3 Å². The predicted octanol–water partition coefficient (Wildman–Crippen LogP) is 6.76. The summed E-state index contributed by atoms with van der Waals surface area (Å²) >= 11 is 15.8. The van der Waals surface area contributed by atoms with Gasteiger partial charge in [-0.1, -0.05) is 17.7 Å². The molecule has 11 heteroatoms. The summed E-state index contributed by atoms with van der Waals surface area (Å²) in [6, 6.07) is 6.48. The van der Waals surface area contributed by atoms with Gasteiger partial charge in [-0.3, -0.25) is 0 Å². The van der Waals surface area contributed by atoms with Crippen LogP contribution in [0.5, 0.6) is 11.8 Å². The minimum absolute atomic E-state index is 0.165. The fourth-order valence-electron chi connectivity index (χ4n) is 2.10. The lowest BCUT2D eigenvalue weighted by Gasteiger charge is -2.11. The van der Waals surface area contributed by atoms with Crippen LogP contribution in [0, 0.1) is 6.92 Å². The van der Waals surface area contributed by atoms with Crippen molar-refractivity contribution in [3.8, 4) is 11.8 Å². The van der Waals surface area contributed by atoms with Crippen molar-refractivity contribution >= 4 is 59.4 Å². The standard InChI is InChI=1S/C12H13BrClN3O.C5H7Br2N3/c1-7(2)17-12(15-11(13)16-17)18-10-6-4-5-9(14)8(10)3;1-3(2)10-5(7)8-4(6)9-10/h4-7H,1-3H3;3H,1-2H3. The van der Waals surface area contributed by atoms with Crippen LogP contribution in [0.1, 0.15) is 45.3 Å². The number of aromatic nitrogens is 6. The fourth-order valence-corrected chi connectivity index (χ4v) is 3.82. The van der Waals surface area contributed by atoms with E-state index in [1.54, 1.807) is 9.36 Å². The van der Waals surface area contributed by atoms with Gasteiger partial charge in [0, 0.05) is 16.6 Å². The van der Waals surface area contributed by atoms with Crippen molar-refractivity contribution < 1.29 is 4.74 Å².